The van der Waals surface area contributed by atoms with Gasteiger partial charge in [-0.1, -0.05) is 0 Å². The Kier molecular flexibility index (Phi) is 3.92. The highest BCUT2D eigenvalue weighted by Gasteiger charge is 2.33. The molecule has 1 amide bonds. The third-order valence-corrected chi connectivity index (χ3v) is 5.79. The second-order valence-corrected chi connectivity index (χ2v) is 8.20. The summed E-state index contributed by atoms with van der Waals surface area (Å²) in [6.07, 6.45) is 2.08. The Morgan fingerprint density at radius 1 is 1.42 bits per heavy atom. The van der Waals surface area contributed by atoms with E-state index in [-0.39, 0.29) is 5.91 Å². The summed E-state index contributed by atoms with van der Waals surface area (Å²) in [6, 6.07) is 1.96. The van der Waals surface area contributed by atoms with E-state index in [0.717, 1.165) is 39.8 Å². The van der Waals surface area contributed by atoms with Crippen LogP contribution in [0.4, 0.5) is 0 Å². The van der Waals surface area contributed by atoms with E-state index < -0.39 is 6.10 Å². The molecule has 2 aliphatic rings. The fourth-order valence-electron chi connectivity index (χ4n) is 3.29. The van der Waals surface area contributed by atoms with E-state index in [9.17, 15) is 9.90 Å². The van der Waals surface area contributed by atoms with Gasteiger partial charge in [0.25, 0.3) is 0 Å². The number of carbonyl (C=O) groups excluding carboxylic acids is 1. The molecular formula is C17H22N4O2S. The van der Waals surface area contributed by atoms with E-state index in [2.05, 4.69) is 10.1 Å². The van der Waals surface area contributed by atoms with Gasteiger partial charge in [-0.3, -0.25) is 9.48 Å². The summed E-state index contributed by atoms with van der Waals surface area (Å²) < 4.78 is 1.93. The molecule has 2 aromatic heterocycles. The predicted octanol–water partition coefficient (Wildman–Crippen LogP) is 1.98. The van der Waals surface area contributed by atoms with Gasteiger partial charge in [-0.25, -0.2) is 4.98 Å². The van der Waals surface area contributed by atoms with Crippen LogP contribution >= 0.6 is 11.3 Å². The summed E-state index contributed by atoms with van der Waals surface area (Å²) in [6.45, 7) is 5.90. The lowest BCUT2D eigenvalue weighted by Crippen LogP contribution is -2.39. The highest BCUT2D eigenvalue weighted by atomic mass is 32.1. The van der Waals surface area contributed by atoms with Gasteiger partial charge in [0, 0.05) is 11.4 Å². The highest BCUT2D eigenvalue weighted by Crippen LogP contribution is 2.40. The molecule has 0 saturated heterocycles. The number of nitrogens with zero attached hydrogens (tertiary/aromatic N) is 4. The van der Waals surface area contributed by atoms with Crippen molar-refractivity contribution in [2.75, 3.05) is 6.54 Å². The van der Waals surface area contributed by atoms with Gasteiger partial charge >= 0.3 is 0 Å². The Labute approximate surface area is 145 Å². The second-order valence-electron chi connectivity index (χ2n) is 6.79. The number of aryl methyl sites for hydroxylation is 2. The molecule has 0 spiro atoms. The Morgan fingerprint density at radius 2 is 2.21 bits per heavy atom. The van der Waals surface area contributed by atoms with Crippen LogP contribution in [0, 0.1) is 19.8 Å². The molecular weight excluding hydrogens is 324 g/mol. The number of hydrogen-bond acceptors (Lipinski definition) is 5. The van der Waals surface area contributed by atoms with Crippen LogP contribution in [0.2, 0.25) is 0 Å². The van der Waals surface area contributed by atoms with Gasteiger partial charge in [-0.15, -0.1) is 11.3 Å². The maximum absolute atomic E-state index is 12.6. The largest absolute Gasteiger partial charge is 0.386 e. The molecule has 128 valence electrons. The summed E-state index contributed by atoms with van der Waals surface area (Å²) in [5.74, 6) is 0.482. The smallest absolute Gasteiger partial charge is 0.229 e. The molecule has 24 heavy (non-hydrogen) atoms. The SMILES string of the molecule is Cc1nc(CC(=O)N2CCn3nc([C@@H](O)C4CC4)cc3C2)c(C)s1. The molecule has 4 rings (SSSR count). The van der Waals surface area contributed by atoms with E-state index in [1.165, 1.54) is 0 Å². The predicted molar refractivity (Wildman–Crippen MR) is 90.6 cm³/mol. The first-order valence-electron chi connectivity index (χ1n) is 8.46. The number of aliphatic hydroxyl groups excluding tert-OH is 1. The van der Waals surface area contributed by atoms with Crippen molar-refractivity contribution in [1.82, 2.24) is 19.7 Å². The van der Waals surface area contributed by atoms with Gasteiger partial charge in [0.1, 0.15) is 6.10 Å². The Morgan fingerprint density at radius 3 is 2.88 bits per heavy atom. The van der Waals surface area contributed by atoms with Gasteiger partial charge in [0.15, 0.2) is 0 Å². The monoisotopic (exact) mass is 346 g/mol. The van der Waals surface area contributed by atoms with Crippen molar-refractivity contribution in [3.63, 3.8) is 0 Å². The number of amides is 1. The third-order valence-electron chi connectivity index (χ3n) is 4.86. The van der Waals surface area contributed by atoms with Crippen molar-refractivity contribution in [2.24, 2.45) is 5.92 Å². The van der Waals surface area contributed by atoms with Crippen LogP contribution in [0.1, 0.15) is 45.9 Å². The number of hydrogen-bond donors (Lipinski definition) is 1. The zero-order valence-electron chi connectivity index (χ0n) is 14.0. The van der Waals surface area contributed by atoms with Gasteiger partial charge in [-0.2, -0.15) is 5.10 Å². The first-order valence-corrected chi connectivity index (χ1v) is 9.28. The Hall–Kier alpha value is -1.73. The standard InChI is InChI=1S/C17H22N4O2S/c1-10-14(18-11(2)24-10)8-16(22)20-5-6-21-13(9-20)7-15(19-21)17(23)12-3-4-12/h7,12,17,23H,3-6,8-9H2,1-2H3/t17-/m0/s1. The number of fused-ring (bicyclic) bond motifs is 1. The maximum Gasteiger partial charge on any atom is 0.229 e. The summed E-state index contributed by atoms with van der Waals surface area (Å²) >= 11 is 1.64. The van der Waals surface area contributed by atoms with E-state index >= 15 is 0 Å². The lowest BCUT2D eigenvalue weighted by molar-refractivity contribution is -0.132. The minimum absolute atomic E-state index is 0.111. The summed E-state index contributed by atoms with van der Waals surface area (Å²) in [7, 11) is 0. The number of aliphatic hydroxyl groups is 1. The zero-order chi connectivity index (χ0) is 16.8. The van der Waals surface area contributed by atoms with Gasteiger partial charge in [0.05, 0.1) is 41.6 Å². The van der Waals surface area contributed by atoms with E-state index in [1.54, 1.807) is 11.3 Å². The molecule has 1 fully saturated rings. The van der Waals surface area contributed by atoms with Crippen LogP contribution in [0.25, 0.3) is 0 Å². The number of rotatable bonds is 4. The molecule has 7 heteroatoms. The maximum atomic E-state index is 12.6. The number of thiazole rings is 1. The van der Waals surface area contributed by atoms with Gasteiger partial charge in [-0.05, 0) is 38.7 Å². The molecule has 0 aromatic carbocycles. The van der Waals surface area contributed by atoms with Crippen LogP contribution in [0.15, 0.2) is 6.07 Å². The molecule has 0 unspecified atom stereocenters. The van der Waals surface area contributed by atoms with Gasteiger partial charge in [0.2, 0.25) is 5.91 Å². The van der Waals surface area contributed by atoms with Crippen LogP contribution in [0.3, 0.4) is 0 Å². The fraction of sp³-hybridized carbons (Fsp3) is 0.588. The van der Waals surface area contributed by atoms with Crippen LogP contribution in [-0.2, 0) is 24.3 Å². The lowest BCUT2D eigenvalue weighted by atomic mass is 10.1. The molecule has 1 N–H and O–H groups in total. The quantitative estimate of drug-likeness (QED) is 0.919. The highest BCUT2D eigenvalue weighted by molar-refractivity contribution is 7.11. The van der Waals surface area contributed by atoms with Gasteiger partial charge < -0.3 is 10.0 Å². The van der Waals surface area contributed by atoms with Crippen LogP contribution in [-0.4, -0.2) is 37.2 Å². The minimum atomic E-state index is -0.451. The average Bonchev–Trinajstić information content (AvgIpc) is 3.23. The summed E-state index contributed by atoms with van der Waals surface area (Å²) in [4.78, 5) is 20.1. The molecule has 2 aromatic rings. The van der Waals surface area contributed by atoms with Crippen molar-refractivity contribution in [2.45, 2.75) is 52.3 Å². The normalized spacial score (nSPS) is 18.5. The van der Waals surface area contributed by atoms with E-state index in [4.69, 9.17) is 0 Å². The lowest BCUT2D eigenvalue weighted by Gasteiger charge is -2.27. The molecule has 0 radical (unpaired) electrons. The molecule has 1 aliphatic heterocycles. The number of aromatic nitrogens is 3. The van der Waals surface area contributed by atoms with Crippen molar-refractivity contribution >= 4 is 17.2 Å². The van der Waals surface area contributed by atoms with E-state index in [0.29, 0.717) is 32.0 Å². The summed E-state index contributed by atoms with van der Waals surface area (Å²) in [5.41, 5.74) is 2.66. The summed E-state index contributed by atoms with van der Waals surface area (Å²) in [5, 5.41) is 15.8. The first-order chi connectivity index (χ1) is 11.5. The topological polar surface area (TPSA) is 71.2 Å². The van der Waals surface area contributed by atoms with Crippen molar-refractivity contribution in [3.8, 4) is 0 Å². The molecule has 3 heterocycles. The minimum Gasteiger partial charge on any atom is -0.386 e. The molecule has 6 nitrogen and oxygen atoms in total. The Balaban J connectivity index is 1.45. The molecule has 1 saturated carbocycles. The molecule has 0 bridgehead atoms. The second kappa shape index (κ2) is 5.97. The van der Waals surface area contributed by atoms with Crippen molar-refractivity contribution < 1.29 is 9.90 Å². The molecule has 1 aliphatic carbocycles. The molecule has 1 atom stereocenters. The first kappa shape index (κ1) is 15.8. The van der Waals surface area contributed by atoms with E-state index in [1.807, 2.05) is 29.5 Å². The zero-order valence-corrected chi connectivity index (χ0v) is 14.8. The van der Waals surface area contributed by atoms with Crippen molar-refractivity contribution in [1.29, 1.82) is 0 Å². The third kappa shape index (κ3) is 2.98. The van der Waals surface area contributed by atoms with Crippen LogP contribution in [0.5, 0.6) is 0 Å². The van der Waals surface area contributed by atoms with Crippen LogP contribution < -0.4 is 0 Å². The number of carbonyl (C=O) groups is 1. The average molecular weight is 346 g/mol. The van der Waals surface area contributed by atoms with Crippen molar-refractivity contribution in [3.05, 3.63) is 33.0 Å². The Bertz CT molecular complexity index is 778. The fourth-order valence-corrected chi connectivity index (χ4v) is 4.13.